The maximum absolute atomic E-state index is 8.84. The molecule has 0 saturated heterocycles. The molecule has 2 unspecified atom stereocenters. The van der Waals surface area contributed by atoms with Crippen LogP contribution < -0.4 is 5.73 Å². The number of hydrogen-bond acceptors (Lipinski definition) is 4. The maximum Gasteiger partial charge on any atom is 0.118 e. The van der Waals surface area contributed by atoms with Crippen LogP contribution >= 0.6 is 11.3 Å². The van der Waals surface area contributed by atoms with E-state index in [2.05, 4.69) is 18.8 Å². The van der Waals surface area contributed by atoms with E-state index < -0.39 is 0 Å². The van der Waals surface area contributed by atoms with Gasteiger partial charge in [0.1, 0.15) is 5.01 Å². The van der Waals surface area contributed by atoms with Gasteiger partial charge in [0.2, 0.25) is 0 Å². The first kappa shape index (κ1) is 10.6. The van der Waals surface area contributed by atoms with Crippen LogP contribution in [0.3, 0.4) is 0 Å². The SMILES string of the molecule is CCC(C)C(N)c1csc(CO)n1. The number of hydrogen-bond donors (Lipinski definition) is 2. The molecule has 0 fully saturated rings. The summed E-state index contributed by atoms with van der Waals surface area (Å²) < 4.78 is 0. The second-order valence-corrected chi connectivity index (χ2v) is 4.18. The van der Waals surface area contributed by atoms with Crippen LogP contribution in [0.25, 0.3) is 0 Å². The molecule has 1 rings (SSSR count). The monoisotopic (exact) mass is 200 g/mol. The smallest absolute Gasteiger partial charge is 0.118 e. The van der Waals surface area contributed by atoms with Gasteiger partial charge >= 0.3 is 0 Å². The first-order chi connectivity index (χ1) is 6.19. The maximum atomic E-state index is 8.84. The highest BCUT2D eigenvalue weighted by molar-refractivity contribution is 7.09. The van der Waals surface area contributed by atoms with E-state index in [-0.39, 0.29) is 12.6 Å². The van der Waals surface area contributed by atoms with Crippen LogP contribution in [0.1, 0.15) is 37.0 Å². The summed E-state index contributed by atoms with van der Waals surface area (Å²) in [5, 5.41) is 11.5. The minimum absolute atomic E-state index is 0.00144. The van der Waals surface area contributed by atoms with Crippen molar-refractivity contribution in [1.29, 1.82) is 0 Å². The van der Waals surface area contributed by atoms with Crippen molar-refractivity contribution in [3.05, 3.63) is 16.1 Å². The highest BCUT2D eigenvalue weighted by Crippen LogP contribution is 2.23. The third-order valence-corrected chi connectivity index (χ3v) is 3.16. The molecule has 4 heteroatoms. The Kier molecular flexibility index (Phi) is 3.84. The van der Waals surface area contributed by atoms with Crippen LogP contribution in [-0.2, 0) is 6.61 Å². The average molecular weight is 200 g/mol. The quantitative estimate of drug-likeness (QED) is 0.777. The summed E-state index contributed by atoms with van der Waals surface area (Å²) in [6.07, 6.45) is 1.05. The van der Waals surface area contributed by atoms with Crippen LogP contribution in [0.2, 0.25) is 0 Å². The van der Waals surface area contributed by atoms with Gasteiger partial charge in [-0.1, -0.05) is 20.3 Å². The van der Waals surface area contributed by atoms with Gasteiger partial charge in [-0.05, 0) is 5.92 Å². The molecule has 1 aromatic rings. The summed E-state index contributed by atoms with van der Waals surface area (Å²) in [6.45, 7) is 4.24. The van der Waals surface area contributed by atoms with Gasteiger partial charge in [0.25, 0.3) is 0 Å². The minimum Gasteiger partial charge on any atom is -0.389 e. The molecule has 1 aromatic heterocycles. The van der Waals surface area contributed by atoms with Crippen molar-refractivity contribution in [2.75, 3.05) is 0 Å². The molecule has 74 valence electrons. The van der Waals surface area contributed by atoms with Crippen molar-refractivity contribution in [3.8, 4) is 0 Å². The molecule has 3 nitrogen and oxygen atoms in total. The van der Waals surface area contributed by atoms with Crippen molar-refractivity contribution in [1.82, 2.24) is 4.98 Å². The standard InChI is InChI=1S/C9H16N2OS/c1-3-6(2)9(10)7-5-13-8(4-12)11-7/h5-6,9,12H,3-4,10H2,1-2H3. The molecule has 0 radical (unpaired) electrons. The fourth-order valence-corrected chi connectivity index (χ4v) is 1.80. The van der Waals surface area contributed by atoms with E-state index in [1.54, 1.807) is 0 Å². The Hall–Kier alpha value is -0.450. The van der Waals surface area contributed by atoms with Gasteiger partial charge in [0.05, 0.1) is 18.3 Å². The van der Waals surface area contributed by atoms with Gasteiger partial charge in [-0.2, -0.15) is 0 Å². The zero-order valence-electron chi connectivity index (χ0n) is 8.03. The van der Waals surface area contributed by atoms with Crippen LogP contribution in [-0.4, -0.2) is 10.1 Å². The molecule has 0 aliphatic rings. The molecule has 13 heavy (non-hydrogen) atoms. The summed E-state index contributed by atoms with van der Waals surface area (Å²) >= 11 is 1.46. The molecule has 0 spiro atoms. The zero-order chi connectivity index (χ0) is 9.84. The Morgan fingerprint density at radius 3 is 2.85 bits per heavy atom. The number of nitrogens with two attached hydrogens (primary N) is 1. The molecule has 0 saturated carbocycles. The molecular formula is C9H16N2OS. The van der Waals surface area contributed by atoms with Gasteiger partial charge in [0, 0.05) is 5.38 Å². The third-order valence-electron chi connectivity index (χ3n) is 2.30. The second kappa shape index (κ2) is 4.69. The van der Waals surface area contributed by atoms with E-state index >= 15 is 0 Å². The van der Waals surface area contributed by atoms with Gasteiger partial charge < -0.3 is 10.8 Å². The number of aromatic nitrogens is 1. The number of aliphatic hydroxyl groups is 1. The van der Waals surface area contributed by atoms with Crippen molar-refractivity contribution in [2.45, 2.75) is 32.9 Å². The van der Waals surface area contributed by atoms with E-state index in [1.165, 1.54) is 11.3 Å². The molecule has 0 aliphatic carbocycles. The summed E-state index contributed by atoms with van der Waals surface area (Å²) in [5.41, 5.74) is 6.89. The summed E-state index contributed by atoms with van der Waals surface area (Å²) in [4.78, 5) is 4.24. The van der Waals surface area contributed by atoms with Gasteiger partial charge in [-0.25, -0.2) is 4.98 Å². The van der Waals surface area contributed by atoms with Crippen LogP contribution in [0.15, 0.2) is 5.38 Å². The number of thiazole rings is 1. The lowest BCUT2D eigenvalue weighted by atomic mass is 9.98. The number of rotatable bonds is 4. The molecular weight excluding hydrogens is 184 g/mol. The highest BCUT2D eigenvalue weighted by Gasteiger charge is 2.15. The largest absolute Gasteiger partial charge is 0.389 e. The molecule has 2 atom stereocenters. The molecule has 0 amide bonds. The van der Waals surface area contributed by atoms with E-state index in [0.717, 1.165) is 17.1 Å². The Morgan fingerprint density at radius 2 is 2.38 bits per heavy atom. The Morgan fingerprint density at radius 1 is 1.69 bits per heavy atom. The first-order valence-electron chi connectivity index (χ1n) is 4.49. The van der Waals surface area contributed by atoms with Crippen LogP contribution in [0.4, 0.5) is 0 Å². The van der Waals surface area contributed by atoms with E-state index in [0.29, 0.717) is 5.92 Å². The predicted octanol–water partition coefficient (Wildman–Crippen LogP) is 1.68. The molecule has 1 heterocycles. The molecule has 0 aliphatic heterocycles. The lowest BCUT2D eigenvalue weighted by molar-refractivity contribution is 0.280. The van der Waals surface area contributed by atoms with Crippen molar-refractivity contribution < 1.29 is 5.11 Å². The van der Waals surface area contributed by atoms with E-state index in [1.807, 2.05) is 5.38 Å². The van der Waals surface area contributed by atoms with Crippen LogP contribution in [0.5, 0.6) is 0 Å². The van der Waals surface area contributed by atoms with Gasteiger partial charge in [-0.15, -0.1) is 11.3 Å². The van der Waals surface area contributed by atoms with E-state index in [4.69, 9.17) is 10.8 Å². The summed E-state index contributed by atoms with van der Waals surface area (Å²) in [7, 11) is 0. The van der Waals surface area contributed by atoms with Gasteiger partial charge in [0.15, 0.2) is 0 Å². The Bertz CT molecular complexity index is 262. The van der Waals surface area contributed by atoms with Crippen molar-refractivity contribution in [2.24, 2.45) is 11.7 Å². The number of nitrogens with zero attached hydrogens (tertiary/aromatic N) is 1. The normalized spacial score (nSPS) is 15.7. The Labute approximate surface area is 82.6 Å². The third kappa shape index (κ3) is 2.49. The summed E-state index contributed by atoms with van der Waals surface area (Å²) in [6, 6.07) is 0.00144. The molecule has 0 aromatic carbocycles. The van der Waals surface area contributed by atoms with Crippen LogP contribution in [0, 0.1) is 5.92 Å². The lowest BCUT2D eigenvalue weighted by Crippen LogP contribution is -2.18. The number of aliphatic hydroxyl groups excluding tert-OH is 1. The fourth-order valence-electron chi connectivity index (χ4n) is 1.10. The van der Waals surface area contributed by atoms with Crippen molar-refractivity contribution >= 4 is 11.3 Å². The van der Waals surface area contributed by atoms with E-state index in [9.17, 15) is 0 Å². The zero-order valence-corrected chi connectivity index (χ0v) is 8.84. The van der Waals surface area contributed by atoms with Crippen molar-refractivity contribution in [3.63, 3.8) is 0 Å². The predicted molar refractivity (Wildman–Crippen MR) is 54.4 cm³/mol. The highest BCUT2D eigenvalue weighted by atomic mass is 32.1. The second-order valence-electron chi connectivity index (χ2n) is 3.24. The Balaban J connectivity index is 2.70. The first-order valence-corrected chi connectivity index (χ1v) is 5.37. The molecule has 0 bridgehead atoms. The summed E-state index contributed by atoms with van der Waals surface area (Å²) in [5.74, 6) is 0.439. The minimum atomic E-state index is 0.00144. The molecule has 3 N–H and O–H groups in total. The topological polar surface area (TPSA) is 59.1 Å². The lowest BCUT2D eigenvalue weighted by Gasteiger charge is -2.15. The fraction of sp³-hybridized carbons (Fsp3) is 0.667. The van der Waals surface area contributed by atoms with Gasteiger partial charge in [-0.3, -0.25) is 0 Å². The average Bonchev–Trinajstić information content (AvgIpc) is 2.63.